The van der Waals surface area contributed by atoms with Crippen LogP contribution in [0.25, 0.3) is 22.5 Å². The number of rotatable bonds is 3. The van der Waals surface area contributed by atoms with E-state index in [0.29, 0.717) is 23.2 Å². The fourth-order valence-corrected chi connectivity index (χ4v) is 2.38. The predicted octanol–water partition coefficient (Wildman–Crippen LogP) is 3.12. The number of nitrogens with zero attached hydrogens (tertiary/aromatic N) is 4. The second-order valence-electron chi connectivity index (χ2n) is 5.20. The molecule has 0 saturated heterocycles. The topological polar surface area (TPSA) is 84.9 Å². The minimum absolute atomic E-state index is 0.106. The molecule has 0 bridgehead atoms. The van der Waals surface area contributed by atoms with Crippen LogP contribution in [-0.2, 0) is 6.42 Å². The number of halogens is 1. The average molecular weight is 322 g/mol. The Morgan fingerprint density at radius 3 is 2.71 bits per heavy atom. The van der Waals surface area contributed by atoms with Crippen LogP contribution in [0.15, 0.2) is 53.2 Å². The Hall–Kier alpha value is -3.35. The Bertz CT molecular complexity index is 1010. The second kappa shape index (κ2) is 5.69. The van der Waals surface area contributed by atoms with E-state index in [2.05, 4.69) is 20.2 Å². The van der Waals surface area contributed by atoms with Gasteiger partial charge in [-0.25, -0.2) is 9.37 Å². The van der Waals surface area contributed by atoms with Crippen molar-refractivity contribution in [3.8, 4) is 17.3 Å². The normalized spacial score (nSPS) is 11.0. The van der Waals surface area contributed by atoms with Gasteiger partial charge in [-0.15, -0.1) is 10.2 Å². The zero-order valence-corrected chi connectivity index (χ0v) is 12.3. The molecule has 0 aliphatic carbocycles. The minimum Gasteiger partial charge on any atom is -0.504 e. The zero-order chi connectivity index (χ0) is 16.5. The zero-order valence-electron chi connectivity index (χ0n) is 12.3. The number of aromatic nitrogens is 4. The first-order valence-electron chi connectivity index (χ1n) is 7.20. The van der Waals surface area contributed by atoms with Crippen LogP contribution in [0.3, 0.4) is 0 Å². The molecule has 0 unspecified atom stereocenters. The molecule has 4 rings (SSSR count). The highest BCUT2D eigenvalue weighted by molar-refractivity contribution is 5.87. The lowest BCUT2D eigenvalue weighted by Crippen LogP contribution is -1.88. The SMILES string of the molecule is Oc1c(-c2nnc(Cc3ccc(F)cc3)o2)ncc2cccnc12. The maximum Gasteiger partial charge on any atom is 0.270 e. The lowest BCUT2D eigenvalue weighted by atomic mass is 10.1. The fourth-order valence-electron chi connectivity index (χ4n) is 2.38. The summed E-state index contributed by atoms with van der Waals surface area (Å²) >= 11 is 0. The molecule has 6 nitrogen and oxygen atoms in total. The smallest absolute Gasteiger partial charge is 0.270 e. The van der Waals surface area contributed by atoms with E-state index >= 15 is 0 Å². The molecule has 118 valence electrons. The third kappa shape index (κ3) is 2.56. The number of fused-ring (bicyclic) bond motifs is 1. The van der Waals surface area contributed by atoms with Gasteiger partial charge in [-0.1, -0.05) is 12.1 Å². The van der Waals surface area contributed by atoms with Crippen molar-refractivity contribution in [3.63, 3.8) is 0 Å². The molecule has 0 radical (unpaired) electrons. The monoisotopic (exact) mass is 322 g/mol. The van der Waals surface area contributed by atoms with E-state index in [0.717, 1.165) is 5.56 Å². The van der Waals surface area contributed by atoms with Gasteiger partial charge >= 0.3 is 0 Å². The largest absolute Gasteiger partial charge is 0.504 e. The summed E-state index contributed by atoms with van der Waals surface area (Å²) in [4.78, 5) is 8.31. The molecule has 0 spiro atoms. The van der Waals surface area contributed by atoms with Crippen LogP contribution in [0.1, 0.15) is 11.5 Å². The summed E-state index contributed by atoms with van der Waals surface area (Å²) < 4.78 is 18.5. The first-order valence-corrected chi connectivity index (χ1v) is 7.20. The molecule has 0 aliphatic rings. The van der Waals surface area contributed by atoms with Crippen molar-refractivity contribution < 1.29 is 13.9 Å². The van der Waals surface area contributed by atoms with Gasteiger partial charge in [0, 0.05) is 17.8 Å². The lowest BCUT2D eigenvalue weighted by Gasteiger charge is -2.02. The van der Waals surface area contributed by atoms with Crippen LogP contribution in [0.5, 0.6) is 5.75 Å². The van der Waals surface area contributed by atoms with Crippen molar-refractivity contribution in [2.24, 2.45) is 0 Å². The highest BCUT2D eigenvalue weighted by Crippen LogP contribution is 2.31. The van der Waals surface area contributed by atoms with Crippen LogP contribution >= 0.6 is 0 Å². The second-order valence-corrected chi connectivity index (χ2v) is 5.20. The molecule has 3 heterocycles. The van der Waals surface area contributed by atoms with E-state index in [-0.39, 0.29) is 23.2 Å². The Morgan fingerprint density at radius 2 is 1.88 bits per heavy atom. The molecule has 0 amide bonds. The van der Waals surface area contributed by atoms with E-state index in [1.165, 1.54) is 12.1 Å². The molecule has 0 saturated carbocycles. The van der Waals surface area contributed by atoms with Crippen molar-refractivity contribution in [2.45, 2.75) is 6.42 Å². The first kappa shape index (κ1) is 14.3. The van der Waals surface area contributed by atoms with Crippen molar-refractivity contribution in [2.75, 3.05) is 0 Å². The Labute approximate surface area is 135 Å². The van der Waals surface area contributed by atoms with Gasteiger partial charge < -0.3 is 9.52 Å². The van der Waals surface area contributed by atoms with Gasteiger partial charge in [0.25, 0.3) is 5.89 Å². The molecular weight excluding hydrogens is 311 g/mol. The molecule has 0 fully saturated rings. The summed E-state index contributed by atoms with van der Waals surface area (Å²) in [5.74, 6) is 0.0453. The molecular formula is C17H11FN4O2. The quantitative estimate of drug-likeness (QED) is 0.624. The van der Waals surface area contributed by atoms with Crippen LogP contribution in [0, 0.1) is 5.82 Å². The number of benzene rings is 1. The summed E-state index contributed by atoms with van der Waals surface area (Å²) in [6.45, 7) is 0. The lowest BCUT2D eigenvalue weighted by molar-refractivity contribution is 0.471. The number of aromatic hydroxyl groups is 1. The molecule has 0 atom stereocenters. The molecule has 4 aromatic rings. The maximum atomic E-state index is 12.9. The van der Waals surface area contributed by atoms with E-state index in [1.807, 2.05) is 0 Å². The average Bonchev–Trinajstić information content (AvgIpc) is 3.06. The first-order chi connectivity index (χ1) is 11.7. The van der Waals surface area contributed by atoms with Gasteiger partial charge in [0.15, 0.2) is 11.4 Å². The Morgan fingerprint density at radius 1 is 1.04 bits per heavy atom. The van der Waals surface area contributed by atoms with Gasteiger partial charge in [0.2, 0.25) is 5.89 Å². The van der Waals surface area contributed by atoms with Crippen LogP contribution in [-0.4, -0.2) is 25.3 Å². The Kier molecular flexibility index (Phi) is 3.38. The molecule has 1 N–H and O–H groups in total. The minimum atomic E-state index is -0.303. The molecule has 1 aromatic carbocycles. The predicted molar refractivity (Wildman–Crippen MR) is 83.7 cm³/mol. The summed E-state index contributed by atoms with van der Waals surface area (Å²) in [6.07, 6.45) is 3.53. The third-order valence-electron chi connectivity index (χ3n) is 3.56. The van der Waals surface area contributed by atoms with Crippen molar-refractivity contribution in [1.82, 2.24) is 20.2 Å². The highest BCUT2D eigenvalue weighted by Gasteiger charge is 2.17. The van der Waals surface area contributed by atoms with Gasteiger partial charge in [0.1, 0.15) is 11.3 Å². The highest BCUT2D eigenvalue weighted by atomic mass is 19.1. The molecule has 24 heavy (non-hydrogen) atoms. The number of hydrogen-bond donors (Lipinski definition) is 1. The Balaban J connectivity index is 1.67. The van der Waals surface area contributed by atoms with Gasteiger partial charge in [-0.3, -0.25) is 4.98 Å². The van der Waals surface area contributed by atoms with Gasteiger partial charge in [-0.05, 0) is 29.8 Å². The van der Waals surface area contributed by atoms with E-state index in [1.54, 1.807) is 36.7 Å². The van der Waals surface area contributed by atoms with Crippen molar-refractivity contribution in [1.29, 1.82) is 0 Å². The van der Waals surface area contributed by atoms with E-state index in [4.69, 9.17) is 4.42 Å². The fraction of sp³-hybridized carbons (Fsp3) is 0.0588. The molecule has 7 heteroatoms. The summed E-state index contributed by atoms with van der Waals surface area (Å²) in [5, 5.41) is 18.9. The molecule has 3 aromatic heterocycles. The van der Waals surface area contributed by atoms with Crippen molar-refractivity contribution in [3.05, 3.63) is 66.1 Å². The summed E-state index contributed by atoms with van der Waals surface area (Å²) in [5.41, 5.74) is 1.43. The standard InChI is InChI=1S/C17H11FN4O2/c18-12-5-3-10(4-6-12)8-13-21-22-17(24-13)15-16(23)14-11(9-20-15)2-1-7-19-14/h1-7,9,23H,8H2. The summed E-state index contributed by atoms with van der Waals surface area (Å²) in [7, 11) is 0. The number of pyridine rings is 2. The van der Waals surface area contributed by atoms with Gasteiger partial charge in [0.05, 0.1) is 6.42 Å². The molecule has 0 aliphatic heterocycles. The van der Waals surface area contributed by atoms with Crippen LogP contribution < -0.4 is 0 Å². The van der Waals surface area contributed by atoms with Crippen LogP contribution in [0.2, 0.25) is 0 Å². The van der Waals surface area contributed by atoms with Crippen LogP contribution in [0.4, 0.5) is 4.39 Å². The van der Waals surface area contributed by atoms with Crippen molar-refractivity contribution >= 4 is 10.9 Å². The number of hydrogen-bond acceptors (Lipinski definition) is 6. The summed E-state index contributed by atoms with van der Waals surface area (Å²) in [6, 6.07) is 9.59. The van der Waals surface area contributed by atoms with E-state index < -0.39 is 0 Å². The van der Waals surface area contributed by atoms with Gasteiger partial charge in [-0.2, -0.15) is 0 Å². The third-order valence-corrected chi connectivity index (χ3v) is 3.56. The van der Waals surface area contributed by atoms with E-state index in [9.17, 15) is 9.50 Å². The maximum absolute atomic E-state index is 12.9.